The molecule has 0 aliphatic heterocycles. The zero-order valence-corrected chi connectivity index (χ0v) is 9.92. The first kappa shape index (κ1) is 13.3. The van der Waals surface area contributed by atoms with Gasteiger partial charge in [0.1, 0.15) is 5.69 Å². The summed E-state index contributed by atoms with van der Waals surface area (Å²) >= 11 is 0. The number of rotatable bonds is 3. The Bertz CT molecular complexity index is 561. The molecule has 0 fully saturated rings. The van der Waals surface area contributed by atoms with E-state index in [0.29, 0.717) is 0 Å². The number of pyridine rings is 1. The number of nitrogens with zero attached hydrogens (tertiary/aromatic N) is 1. The van der Waals surface area contributed by atoms with Gasteiger partial charge in [0.2, 0.25) is 11.6 Å². The van der Waals surface area contributed by atoms with Crippen molar-refractivity contribution in [3.63, 3.8) is 0 Å². The number of halogens is 4. The number of hydrogen-bond acceptors (Lipinski definition) is 2. The van der Waals surface area contributed by atoms with E-state index in [9.17, 15) is 17.6 Å². The molecule has 0 radical (unpaired) electrons. The lowest BCUT2D eigenvalue weighted by Crippen LogP contribution is -2.13. The lowest BCUT2D eigenvalue weighted by Gasteiger charge is -2.16. The van der Waals surface area contributed by atoms with E-state index in [0.717, 1.165) is 5.56 Å². The SMILES string of the molecule is CC(Nc1c(F)c(F)nc(F)c1F)c1ccccc1. The fourth-order valence-electron chi connectivity index (χ4n) is 1.66. The first-order chi connectivity index (χ1) is 9.00. The highest BCUT2D eigenvalue weighted by Gasteiger charge is 2.22. The molecule has 0 saturated heterocycles. The normalized spacial score (nSPS) is 12.3. The number of hydrogen-bond donors (Lipinski definition) is 1. The smallest absolute Gasteiger partial charge is 0.253 e. The number of aromatic nitrogens is 1. The summed E-state index contributed by atoms with van der Waals surface area (Å²) < 4.78 is 52.7. The van der Waals surface area contributed by atoms with E-state index >= 15 is 0 Å². The van der Waals surface area contributed by atoms with Crippen LogP contribution < -0.4 is 5.32 Å². The second-order valence-electron chi connectivity index (χ2n) is 3.97. The van der Waals surface area contributed by atoms with E-state index in [1.165, 1.54) is 0 Å². The Hall–Kier alpha value is -2.11. The molecule has 1 aromatic heterocycles. The van der Waals surface area contributed by atoms with E-state index in [1.807, 2.05) is 0 Å². The van der Waals surface area contributed by atoms with Crippen LogP contribution in [0.4, 0.5) is 23.2 Å². The van der Waals surface area contributed by atoms with Crippen LogP contribution in [0.25, 0.3) is 0 Å². The van der Waals surface area contributed by atoms with E-state index < -0.39 is 35.3 Å². The zero-order valence-electron chi connectivity index (χ0n) is 9.92. The van der Waals surface area contributed by atoms with Crippen molar-refractivity contribution in [2.24, 2.45) is 0 Å². The van der Waals surface area contributed by atoms with Crippen LogP contribution in [0.1, 0.15) is 18.5 Å². The molecule has 6 heteroatoms. The zero-order chi connectivity index (χ0) is 14.0. The fourth-order valence-corrected chi connectivity index (χ4v) is 1.66. The third kappa shape index (κ3) is 2.67. The predicted octanol–water partition coefficient (Wildman–Crippen LogP) is 3.81. The van der Waals surface area contributed by atoms with Crippen molar-refractivity contribution in [2.75, 3.05) is 5.32 Å². The van der Waals surface area contributed by atoms with Gasteiger partial charge in [-0.1, -0.05) is 30.3 Å². The molecule has 2 nitrogen and oxygen atoms in total. The summed E-state index contributed by atoms with van der Waals surface area (Å²) in [6, 6.07) is 8.19. The number of anilines is 1. The lowest BCUT2D eigenvalue weighted by molar-refractivity contribution is 0.410. The third-order valence-electron chi connectivity index (χ3n) is 2.66. The molecule has 19 heavy (non-hydrogen) atoms. The highest BCUT2D eigenvalue weighted by atomic mass is 19.2. The monoisotopic (exact) mass is 270 g/mol. The standard InChI is InChI=1S/C13H10F4N2/c1-7(8-5-3-2-4-6-8)18-11-9(14)12(16)19-13(17)10(11)15/h2-7H,1H3,(H,18,19). The molecule has 1 aromatic carbocycles. The fraction of sp³-hybridized carbons (Fsp3) is 0.154. The minimum absolute atomic E-state index is 0.522. The Balaban J connectivity index is 2.34. The first-order valence-corrected chi connectivity index (χ1v) is 5.52. The van der Waals surface area contributed by atoms with Gasteiger partial charge in [0.25, 0.3) is 11.9 Å². The van der Waals surface area contributed by atoms with Crippen LogP contribution >= 0.6 is 0 Å². The Kier molecular flexibility index (Phi) is 3.69. The van der Waals surface area contributed by atoms with Crippen LogP contribution in [0.15, 0.2) is 30.3 Å². The van der Waals surface area contributed by atoms with Gasteiger partial charge < -0.3 is 5.32 Å². The van der Waals surface area contributed by atoms with Crippen LogP contribution in [0.2, 0.25) is 0 Å². The Morgan fingerprint density at radius 3 is 2.00 bits per heavy atom. The molecule has 0 saturated carbocycles. The molecule has 2 aromatic rings. The molecule has 1 unspecified atom stereocenters. The second-order valence-corrected chi connectivity index (χ2v) is 3.97. The van der Waals surface area contributed by atoms with Gasteiger partial charge in [0.05, 0.1) is 0 Å². The molecule has 1 N–H and O–H groups in total. The average Bonchev–Trinajstić information content (AvgIpc) is 2.42. The molecule has 2 rings (SSSR count). The quantitative estimate of drug-likeness (QED) is 0.677. The summed E-state index contributed by atoms with van der Waals surface area (Å²) in [6.45, 7) is 1.62. The van der Waals surface area contributed by atoms with Crippen LogP contribution in [-0.4, -0.2) is 4.98 Å². The minimum atomic E-state index is -1.68. The number of nitrogens with one attached hydrogen (secondary N) is 1. The van der Waals surface area contributed by atoms with Crippen LogP contribution in [0.3, 0.4) is 0 Å². The topological polar surface area (TPSA) is 24.9 Å². The summed E-state index contributed by atoms with van der Waals surface area (Å²) in [5, 5.41) is 2.41. The van der Waals surface area contributed by atoms with Crippen molar-refractivity contribution in [3.8, 4) is 0 Å². The molecule has 1 atom stereocenters. The summed E-state index contributed by atoms with van der Waals surface area (Å²) in [4.78, 5) is 2.49. The summed E-state index contributed by atoms with van der Waals surface area (Å²) in [7, 11) is 0. The first-order valence-electron chi connectivity index (χ1n) is 5.52. The maximum Gasteiger partial charge on any atom is 0.253 e. The van der Waals surface area contributed by atoms with Crippen molar-refractivity contribution in [3.05, 3.63) is 59.4 Å². The van der Waals surface area contributed by atoms with Gasteiger partial charge in [0.15, 0.2) is 0 Å². The van der Waals surface area contributed by atoms with Gasteiger partial charge in [-0.25, -0.2) is 0 Å². The van der Waals surface area contributed by atoms with Gasteiger partial charge in [-0.15, -0.1) is 0 Å². The molecule has 0 aliphatic rings. The van der Waals surface area contributed by atoms with Gasteiger partial charge in [0, 0.05) is 6.04 Å². The van der Waals surface area contributed by atoms with Gasteiger partial charge in [-0.2, -0.15) is 22.5 Å². The van der Waals surface area contributed by atoms with Gasteiger partial charge in [-0.05, 0) is 12.5 Å². The molecule has 0 aliphatic carbocycles. The Morgan fingerprint density at radius 2 is 1.47 bits per heavy atom. The lowest BCUT2D eigenvalue weighted by atomic mass is 10.1. The molecule has 100 valence electrons. The van der Waals surface area contributed by atoms with Crippen molar-refractivity contribution in [1.29, 1.82) is 0 Å². The summed E-state index contributed by atoms with van der Waals surface area (Å²) in [6.07, 6.45) is 0. The Labute approximate surface area is 107 Å². The molecule has 0 spiro atoms. The van der Waals surface area contributed by atoms with Crippen LogP contribution in [0, 0.1) is 23.5 Å². The van der Waals surface area contributed by atoms with Crippen molar-refractivity contribution < 1.29 is 17.6 Å². The maximum absolute atomic E-state index is 13.4. The van der Waals surface area contributed by atoms with E-state index in [1.54, 1.807) is 37.3 Å². The van der Waals surface area contributed by atoms with Crippen LogP contribution in [0.5, 0.6) is 0 Å². The third-order valence-corrected chi connectivity index (χ3v) is 2.66. The Morgan fingerprint density at radius 1 is 0.947 bits per heavy atom. The predicted molar refractivity (Wildman–Crippen MR) is 62.5 cm³/mol. The largest absolute Gasteiger partial charge is 0.373 e. The highest BCUT2D eigenvalue weighted by molar-refractivity contribution is 5.47. The number of benzene rings is 1. The minimum Gasteiger partial charge on any atom is -0.373 e. The van der Waals surface area contributed by atoms with Crippen molar-refractivity contribution in [1.82, 2.24) is 4.98 Å². The summed E-state index contributed by atoms with van der Waals surface area (Å²) in [5.74, 6) is -6.44. The second kappa shape index (κ2) is 5.26. The molecule has 1 heterocycles. The summed E-state index contributed by atoms with van der Waals surface area (Å²) in [5.41, 5.74) is -0.139. The molecular weight excluding hydrogens is 260 g/mol. The molecular formula is C13H10F4N2. The van der Waals surface area contributed by atoms with E-state index in [-0.39, 0.29) is 0 Å². The molecule has 0 amide bonds. The van der Waals surface area contributed by atoms with Crippen LogP contribution in [-0.2, 0) is 0 Å². The van der Waals surface area contributed by atoms with Gasteiger partial charge in [-0.3, -0.25) is 0 Å². The van der Waals surface area contributed by atoms with Crippen molar-refractivity contribution >= 4 is 5.69 Å². The average molecular weight is 270 g/mol. The van der Waals surface area contributed by atoms with Gasteiger partial charge >= 0.3 is 0 Å². The van der Waals surface area contributed by atoms with E-state index in [4.69, 9.17) is 0 Å². The maximum atomic E-state index is 13.4. The van der Waals surface area contributed by atoms with Crippen molar-refractivity contribution in [2.45, 2.75) is 13.0 Å². The highest BCUT2D eigenvalue weighted by Crippen LogP contribution is 2.26. The van der Waals surface area contributed by atoms with E-state index in [2.05, 4.69) is 10.3 Å². The molecule has 0 bridgehead atoms.